The van der Waals surface area contributed by atoms with Gasteiger partial charge in [-0.15, -0.1) is 0 Å². The molecule has 2 nitrogen and oxygen atoms in total. The summed E-state index contributed by atoms with van der Waals surface area (Å²) >= 11 is 3.69. The summed E-state index contributed by atoms with van der Waals surface area (Å²) in [7, 11) is 0. The number of rotatable bonds is 3. The molecular weight excluding hydrogens is 452 g/mol. The predicted molar refractivity (Wildman–Crippen MR) is 150 cm³/mol. The van der Waals surface area contributed by atoms with Crippen LogP contribution in [-0.4, -0.2) is 13.1 Å². The first-order chi connectivity index (χ1) is 16.7. The molecule has 4 heteroatoms. The molecule has 0 aliphatic carbocycles. The van der Waals surface area contributed by atoms with Gasteiger partial charge in [-0.3, -0.25) is 0 Å². The van der Waals surface area contributed by atoms with Gasteiger partial charge in [0.15, 0.2) is 0 Å². The summed E-state index contributed by atoms with van der Waals surface area (Å²) in [6, 6.07) is 26.3. The van der Waals surface area contributed by atoms with E-state index >= 15 is 0 Å². The van der Waals surface area contributed by atoms with Crippen molar-refractivity contribution in [2.45, 2.75) is 30.6 Å². The molecule has 0 fully saturated rings. The van der Waals surface area contributed by atoms with E-state index in [1.165, 1.54) is 52.8 Å². The summed E-state index contributed by atoms with van der Waals surface area (Å²) < 4.78 is 0. The Labute approximate surface area is 209 Å². The van der Waals surface area contributed by atoms with Crippen LogP contribution in [-0.2, 0) is 0 Å². The van der Waals surface area contributed by atoms with Gasteiger partial charge < -0.3 is 9.80 Å². The lowest BCUT2D eigenvalue weighted by Crippen LogP contribution is -2.17. The van der Waals surface area contributed by atoms with E-state index in [4.69, 9.17) is 0 Å². The maximum atomic E-state index is 3.73. The third-order valence-electron chi connectivity index (χ3n) is 6.48. The summed E-state index contributed by atoms with van der Waals surface area (Å²) in [5.41, 5.74) is 7.53. The van der Waals surface area contributed by atoms with Crippen molar-refractivity contribution < 1.29 is 0 Å². The zero-order valence-corrected chi connectivity index (χ0v) is 21.3. The normalized spacial score (nSPS) is 15.9. The van der Waals surface area contributed by atoms with Gasteiger partial charge in [0, 0.05) is 33.7 Å². The van der Waals surface area contributed by atoms with Crippen LogP contribution in [0.15, 0.2) is 110 Å². The highest BCUT2D eigenvalue weighted by Gasteiger charge is 2.27. The molecule has 0 aromatic heterocycles. The Balaban J connectivity index is 1.42. The van der Waals surface area contributed by atoms with Gasteiger partial charge >= 0.3 is 0 Å². The van der Waals surface area contributed by atoms with Gasteiger partial charge in [-0.25, -0.2) is 0 Å². The predicted octanol–water partition coefficient (Wildman–Crippen LogP) is 8.79. The smallest absolute Gasteiger partial charge is 0.124 e. The summed E-state index contributed by atoms with van der Waals surface area (Å²) in [6.07, 6.45) is 2.30. The van der Waals surface area contributed by atoms with Gasteiger partial charge in [-0.05, 0) is 55.3 Å². The molecule has 0 atom stereocenters. The molecular formula is C30H26N2S2. The molecule has 0 saturated heterocycles. The van der Waals surface area contributed by atoms with Gasteiger partial charge in [0.2, 0.25) is 0 Å². The second-order valence-corrected chi connectivity index (χ2v) is 10.6. The van der Waals surface area contributed by atoms with Crippen LogP contribution < -0.4 is 9.80 Å². The Morgan fingerprint density at radius 2 is 1.29 bits per heavy atom. The fourth-order valence-electron chi connectivity index (χ4n) is 4.94. The zero-order valence-electron chi connectivity index (χ0n) is 19.6. The average Bonchev–Trinajstić information content (AvgIpc) is 3.40. The van der Waals surface area contributed by atoms with E-state index in [0.29, 0.717) is 0 Å². The molecule has 34 heavy (non-hydrogen) atoms. The van der Waals surface area contributed by atoms with Crippen LogP contribution in [0.2, 0.25) is 0 Å². The number of nitrogens with zero attached hydrogens (tertiary/aromatic N) is 2. The highest BCUT2D eigenvalue weighted by atomic mass is 32.2. The van der Waals surface area contributed by atoms with E-state index < -0.39 is 0 Å². The fraction of sp³-hybridized carbons (Fsp3) is 0.167. The molecule has 0 bridgehead atoms. The minimum Gasteiger partial charge on any atom is -0.335 e. The third kappa shape index (κ3) is 3.45. The number of benzene rings is 4. The number of thioether (sulfide) groups is 2. The molecule has 4 aromatic carbocycles. The topological polar surface area (TPSA) is 6.48 Å². The first-order valence-corrected chi connectivity index (χ1v) is 13.4. The van der Waals surface area contributed by atoms with E-state index in [1.807, 2.05) is 23.5 Å². The Bertz CT molecular complexity index is 1540. The third-order valence-corrected chi connectivity index (χ3v) is 8.64. The maximum Gasteiger partial charge on any atom is 0.124 e. The van der Waals surface area contributed by atoms with Gasteiger partial charge in [-0.2, -0.15) is 0 Å². The quantitative estimate of drug-likeness (QED) is 0.271. The van der Waals surface area contributed by atoms with E-state index in [1.54, 1.807) is 0 Å². The standard InChI is InChI=1S/C30H26N2S2/c1-4-31-27(33-25-16-14-21-10-6-8-12-23(21)29(25)31)18-20(3)19-28-32(5-2)30-24-13-9-7-11-22(24)15-17-26(30)34-28/h6-18H,4-5H2,1-3H3/b27-18+. The number of hydrogen-bond acceptors (Lipinski definition) is 4. The van der Waals surface area contributed by atoms with Gasteiger partial charge in [0.05, 0.1) is 16.4 Å². The van der Waals surface area contributed by atoms with Crippen LogP contribution in [0.1, 0.15) is 20.8 Å². The van der Waals surface area contributed by atoms with Crippen molar-refractivity contribution in [1.29, 1.82) is 0 Å². The zero-order chi connectivity index (χ0) is 23.2. The maximum absolute atomic E-state index is 3.73. The molecule has 4 aromatic rings. The van der Waals surface area contributed by atoms with Crippen molar-refractivity contribution in [3.63, 3.8) is 0 Å². The average molecular weight is 479 g/mol. The fourth-order valence-corrected chi connectivity index (χ4v) is 7.38. The van der Waals surface area contributed by atoms with Crippen LogP contribution >= 0.6 is 23.5 Å². The molecule has 168 valence electrons. The first kappa shape index (κ1) is 21.5. The molecule has 2 heterocycles. The van der Waals surface area contributed by atoms with Crippen LogP contribution in [0.5, 0.6) is 0 Å². The summed E-state index contributed by atoms with van der Waals surface area (Å²) in [5.74, 6) is 0. The second kappa shape index (κ2) is 8.63. The Hall–Kier alpha value is -3.04. The molecule has 0 amide bonds. The number of hydrogen-bond donors (Lipinski definition) is 0. The molecule has 0 N–H and O–H groups in total. The molecule has 0 spiro atoms. The summed E-state index contributed by atoms with van der Waals surface area (Å²) in [6.45, 7) is 8.49. The molecule has 2 aliphatic heterocycles. The summed E-state index contributed by atoms with van der Waals surface area (Å²) in [5, 5.41) is 7.67. The Kier molecular flexibility index (Phi) is 5.45. The Morgan fingerprint density at radius 1 is 0.735 bits per heavy atom. The lowest BCUT2D eigenvalue weighted by Gasteiger charge is -2.20. The highest BCUT2D eigenvalue weighted by Crippen LogP contribution is 2.51. The molecule has 0 saturated carbocycles. The van der Waals surface area contributed by atoms with Crippen LogP contribution in [0, 0.1) is 0 Å². The summed E-state index contributed by atoms with van der Waals surface area (Å²) in [4.78, 5) is 7.50. The van der Waals surface area contributed by atoms with E-state index in [2.05, 4.69) is 115 Å². The van der Waals surface area contributed by atoms with Crippen LogP contribution in [0.4, 0.5) is 11.4 Å². The van der Waals surface area contributed by atoms with Crippen molar-refractivity contribution in [3.8, 4) is 0 Å². The van der Waals surface area contributed by atoms with Gasteiger partial charge in [0.1, 0.15) is 5.03 Å². The lowest BCUT2D eigenvalue weighted by molar-refractivity contribution is 1.00. The minimum absolute atomic E-state index is 0.924. The van der Waals surface area contributed by atoms with Crippen molar-refractivity contribution in [3.05, 3.63) is 100 Å². The molecule has 0 radical (unpaired) electrons. The molecule has 2 aliphatic rings. The SMILES string of the molecule is CCN1C(=C=C(C)/C=C2/Sc3ccc4ccccc4c3N2CC)Sc2ccc3ccccc3c21. The molecule has 0 unspecified atom stereocenters. The second-order valence-electron chi connectivity index (χ2n) is 8.56. The minimum atomic E-state index is 0.924. The number of fused-ring (bicyclic) bond motifs is 6. The largest absolute Gasteiger partial charge is 0.335 e. The highest BCUT2D eigenvalue weighted by molar-refractivity contribution is 8.04. The molecule has 6 rings (SSSR count). The van der Waals surface area contributed by atoms with Gasteiger partial charge in [0.25, 0.3) is 0 Å². The monoisotopic (exact) mass is 478 g/mol. The van der Waals surface area contributed by atoms with Crippen molar-refractivity contribution in [2.75, 3.05) is 22.9 Å². The number of anilines is 2. The lowest BCUT2D eigenvalue weighted by atomic mass is 10.1. The van der Waals surface area contributed by atoms with Crippen molar-refractivity contribution in [2.24, 2.45) is 0 Å². The Morgan fingerprint density at radius 3 is 1.91 bits per heavy atom. The van der Waals surface area contributed by atoms with Crippen LogP contribution in [0.25, 0.3) is 21.5 Å². The van der Waals surface area contributed by atoms with E-state index in [0.717, 1.165) is 18.7 Å². The van der Waals surface area contributed by atoms with Gasteiger partial charge in [-0.1, -0.05) is 89.9 Å². The van der Waals surface area contributed by atoms with E-state index in [9.17, 15) is 0 Å². The van der Waals surface area contributed by atoms with Crippen molar-refractivity contribution >= 4 is 56.4 Å². The van der Waals surface area contributed by atoms with Crippen LogP contribution in [0.3, 0.4) is 0 Å². The van der Waals surface area contributed by atoms with Crippen molar-refractivity contribution in [1.82, 2.24) is 0 Å². The first-order valence-electron chi connectivity index (χ1n) is 11.8. The number of allylic oxidation sites excluding steroid dienone is 2. The van der Waals surface area contributed by atoms with E-state index in [-0.39, 0.29) is 0 Å².